The van der Waals surface area contributed by atoms with Crippen LogP contribution in [0.25, 0.3) is 0 Å². The van der Waals surface area contributed by atoms with Crippen LogP contribution in [0.1, 0.15) is 143 Å². The number of rotatable bonds is 38. The van der Waals surface area contributed by atoms with E-state index in [4.69, 9.17) is 14.2 Å². The van der Waals surface area contributed by atoms with Crippen LogP contribution >= 0.6 is 0 Å². The van der Waals surface area contributed by atoms with Crippen LogP contribution in [0.3, 0.4) is 0 Å². The Morgan fingerprint density at radius 3 is 1.16 bits per heavy atom. The smallest absolute Gasteiger partial charge is 0.306 e. The molecule has 1 unspecified atom stereocenters. The largest absolute Gasteiger partial charge is 0.462 e. The molecule has 0 aliphatic rings. The highest BCUT2D eigenvalue weighted by Gasteiger charge is 2.19. The zero-order valence-electron chi connectivity index (χ0n) is 38.5. The average Bonchev–Trinajstić information content (AvgIpc) is 3.27. The molecule has 62 heavy (non-hydrogen) atoms. The van der Waals surface area contributed by atoms with Gasteiger partial charge in [-0.1, -0.05) is 197 Å². The van der Waals surface area contributed by atoms with Crippen LogP contribution in [0, 0.1) is 0 Å². The molecule has 0 fully saturated rings. The Morgan fingerprint density at radius 2 is 0.694 bits per heavy atom. The van der Waals surface area contributed by atoms with Crippen molar-refractivity contribution in [2.75, 3.05) is 13.2 Å². The predicted molar refractivity (Wildman–Crippen MR) is 265 cm³/mol. The van der Waals surface area contributed by atoms with Crippen molar-refractivity contribution in [3.8, 4) is 0 Å². The summed E-state index contributed by atoms with van der Waals surface area (Å²) in [5, 5.41) is 0. The minimum absolute atomic E-state index is 0.150. The lowest BCUT2D eigenvalue weighted by Crippen LogP contribution is -2.30. The van der Waals surface area contributed by atoms with E-state index < -0.39 is 12.1 Å². The fourth-order valence-electron chi connectivity index (χ4n) is 5.27. The van der Waals surface area contributed by atoms with Gasteiger partial charge in [0.2, 0.25) is 0 Å². The number of esters is 3. The van der Waals surface area contributed by atoms with Crippen molar-refractivity contribution in [1.82, 2.24) is 0 Å². The monoisotopic (exact) mass is 849 g/mol. The molecule has 1 atom stereocenters. The Bertz CT molecular complexity index is 1530. The fraction of sp³-hybridized carbons (Fsp3) is 0.446. The quantitative estimate of drug-likeness (QED) is 0.0202. The maximum Gasteiger partial charge on any atom is 0.306 e. The first-order valence-corrected chi connectivity index (χ1v) is 23.2. The standard InChI is InChI=1S/C56H80O6/c1-4-7-10-13-16-19-21-23-25-27-28-29-31-32-34-37-40-43-46-49-55(58)61-52-53(51-60-54(57)48-45-42-39-36-18-15-12-9-6-3)62-56(59)50-47-44-41-38-35-33-30-26-24-22-20-17-14-11-8-5-2/h7-13,16-21,23-29,31-36,41,44,53H,4-6,14-15,22,30,37-40,42-43,45-52H2,1-3H3/b10-7-,11-8-,12-9-,16-13-,20-17-,21-19-,25-23-,26-24-,28-27+,31-29-,34-32-,35-33-,36-18-,44-41-. The van der Waals surface area contributed by atoms with Crippen LogP contribution in [0.5, 0.6) is 0 Å². The molecule has 6 heteroatoms. The third-order valence-electron chi connectivity index (χ3n) is 8.66. The normalized spacial score (nSPS) is 13.7. The maximum atomic E-state index is 12.7. The Hall–Kier alpha value is -5.23. The van der Waals surface area contributed by atoms with E-state index in [9.17, 15) is 14.4 Å². The lowest BCUT2D eigenvalue weighted by atomic mass is 10.1. The highest BCUT2D eigenvalue weighted by atomic mass is 16.6. The van der Waals surface area contributed by atoms with Gasteiger partial charge in [0, 0.05) is 19.3 Å². The lowest BCUT2D eigenvalue weighted by molar-refractivity contribution is -0.166. The minimum atomic E-state index is -0.857. The summed E-state index contributed by atoms with van der Waals surface area (Å²) in [5.74, 6) is -1.14. The Morgan fingerprint density at radius 1 is 0.339 bits per heavy atom. The molecule has 0 spiro atoms. The zero-order valence-corrected chi connectivity index (χ0v) is 38.5. The first-order valence-electron chi connectivity index (χ1n) is 23.2. The van der Waals surface area contributed by atoms with Crippen molar-refractivity contribution < 1.29 is 28.6 Å². The molecule has 0 aliphatic carbocycles. The summed E-state index contributed by atoms with van der Waals surface area (Å²) in [5.41, 5.74) is 0. The van der Waals surface area contributed by atoms with Crippen molar-refractivity contribution in [1.29, 1.82) is 0 Å². The molecule has 0 rings (SSSR count). The van der Waals surface area contributed by atoms with Gasteiger partial charge in [-0.25, -0.2) is 0 Å². The van der Waals surface area contributed by atoms with Gasteiger partial charge in [0.1, 0.15) is 13.2 Å². The predicted octanol–water partition coefficient (Wildman–Crippen LogP) is 15.2. The van der Waals surface area contributed by atoms with Gasteiger partial charge in [-0.15, -0.1) is 0 Å². The molecule has 0 aliphatic heterocycles. The average molecular weight is 849 g/mol. The molecule has 0 aromatic rings. The Kier molecular flexibility index (Phi) is 44.4. The Labute approximate surface area is 377 Å². The number of carbonyl (C=O) groups is 3. The van der Waals surface area contributed by atoms with Gasteiger partial charge in [-0.2, -0.15) is 0 Å². The van der Waals surface area contributed by atoms with Crippen molar-refractivity contribution in [3.63, 3.8) is 0 Å². The van der Waals surface area contributed by atoms with Crippen LogP contribution in [0.4, 0.5) is 0 Å². The Balaban J connectivity index is 4.64. The minimum Gasteiger partial charge on any atom is -0.462 e. The third kappa shape index (κ3) is 45.8. The number of carbonyl (C=O) groups excluding carboxylic acids is 3. The summed E-state index contributed by atoms with van der Waals surface area (Å²) in [4.78, 5) is 37.7. The van der Waals surface area contributed by atoms with Crippen LogP contribution in [0.2, 0.25) is 0 Å². The highest BCUT2D eigenvalue weighted by Crippen LogP contribution is 2.09. The summed E-state index contributed by atoms with van der Waals surface area (Å²) in [6.07, 6.45) is 72.1. The van der Waals surface area contributed by atoms with E-state index in [1.165, 1.54) is 0 Å². The topological polar surface area (TPSA) is 78.9 Å². The molecule has 340 valence electrons. The molecule has 0 bridgehead atoms. The van der Waals surface area contributed by atoms with Gasteiger partial charge >= 0.3 is 17.9 Å². The molecular weight excluding hydrogens is 769 g/mol. The molecule has 0 radical (unpaired) electrons. The second-order valence-corrected chi connectivity index (χ2v) is 14.3. The second kappa shape index (κ2) is 48.4. The lowest BCUT2D eigenvalue weighted by Gasteiger charge is -2.18. The van der Waals surface area contributed by atoms with Crippen LogP contribution < -0.4 is 0 Å². The maximum absolute atomic E-state index is 12.7. The summed E-state index contributed by atoms with van der Waals surface area (Å²) in [7, 11) is 0. The molecule has 0 saturated carbocycles. The third-order valence-corrected chi connectivity index (χ3v) is 8.66. The first-order chi connectivity index (χ1) is 30.5. The van der Waals surface area contributed by atoms with Crippen LogP contribution in [-0.2, 0) is 28.6 Å². The highest BCUT2D eigenvalue weighted by molar-refractivity contribution is 5.71. The molecular formula is C56H80O6. The SMILES string of the molecule is CC\C=C/C=C\C=C/C=C\C=C\C=C/C=C\CCCCCC(=O)OCC(COC(=O)CCCC/C=C\C/C=C\CC)OC(=O)CC/C=C\C/C=C\C/C=C\C/C=C\C/C=C\CC. The van der Waals surface area contributed by atoms with E-state index in [1.807, 2.05) is 85.1 Å². The second-order valence-electron chi connectivity index (χ2n) is 14.3. The van der Waals surface area contributed by atoms with Crippen LogP contribution in [-0.4, -0.2) is 37.2 Å². The van der Waals surface area contributed by atoms with Crippen LogP contribution in [0.15, 0.2) is 170 Å². The van der Waals surface area contributed by atoms with Crippen molar-refractivity contribution >= 4 is 17.9 Å². The van der Waals surface area contributed by atoms with Gasteiger partial charge < -0.3 is 14.2 Å². The van der Waals surface area contributed by atoms with E-state index in [2.05, 4.69) is 106 Å². The molecule has 6 nitrogen and oxygen atoms in total. The van der Waals surface area contributed by atoms with Crippen molar-refractivity contribution in [3.05, 3.63) is 170 Å². The number of unbranched alkanes of at least 4 members (excludes halogenated alkanes) is 5. The summed E-state index contributed by atoms with van der Waals surface area (Å²) in [6.45, 7) is 6.06. The first kappa shape index (κ1) is 56.8. The van der Waals surface area contributed by atoms with E-state index in [0.29, 0.717) is 19.3 Å². The summed E-state index contributed by atoms with van der Waals surface area (Å²) in [6, 6.07) is 0. The summed E-state index contributed by atoms with van der Waals surface area (Å²) < 4.78 is 16.6. The van der Waals surface area contributed by atoms with Gasteiger partial charge in [0.25, 0.3) is 0 Å². The van der Waals surface area contributed by atoms with E-state index in [1.54, 1.807) is 0 Å². The van der Waals surface area contributed by atoms with Crippen molar-refractivity contribution in [2.45, 2.75) is 149 Å². The van der Waals surface area contributed by atoms with E-state index in [-0.39, 0.29) is 44.4 Å². The molecule has 0 heterocycles. The number of hydrogen-bond donors (Lipinski definition) is 0. The van der Waals surface area contributed by atoms with Gasteiger partial charge in [0.15, 0.2) is 6.10 Å². The molecule has 0 N–H and O–H groups in total. The number of ether oxygens (including phenoxy) is 3. The van der Waals surface area contributed by atoms with Gasteiger partial charge in [-0.05, 0) is 96.3 Å². The van der Waals surface area contributed by atoms with E-state index >= 15 is 0 Å². The number of allylic oxidation sites excluding steroid dienone is 28. The van der Waals surface area contributed by atoms with E-state index in [0.717, 1.165) is 83.5 Å². The molecule has 0 amide bonds. The van der Waals surface area contributed by atoms with Gasteiger partial charge in [0.05, 0.1) is 0 Å². The van der Waals surface area contributed by atoms with Gasteiger partial charge in [-0.3, -0.25) is 14.4 Å². The zero-order chi connectivity index (χ0) is 45.1. The fourth-order valence-corrected chi connectivity index (χ4v) is 5.27. The summed E-state index contributed by atoms with van der Waals surface area (Å²) >= 11 is 0. The molecule has 0 aromatic heterocycles. The van der Waals surface area contributed by atoms with Crippen molar-refractivity contribution in [2.24, 2.45) is 0 Å². The molecule has 0 aromatic carbocycles. The molecule has 0 saturated heterocycles. The number of hydrogen-bond acceptors (Lipinski definition) is 6.